The van der Waals surface area contributed by atoms with Gasteiger partial charge in [-0.2, -0.15) is 0 Å². The third kappa shape index (κ3) is 4.10. The molecule has 0 spiro atoms. The van der Waals surface area contributed by atoms with Gasteiger partial charge in [0.05, 0.1) is 23.7 Å². The molecule has 0 bridgehead atoms. The molecule has 0 unspecified atom stereocenters. The van der Waals surface area contributed by atoms with Gasteiger partial charge in [0.25, 0.3) is 5.91 Å². The second-order valence-electron chi connectivity index (χ2n) is 8.64. The van der Waals surface area contributed by atoms with Crippen LogP contribution in [-0.2, 0) is 25.9 Å². The van der Waals surface area contributed by atoms with E-state index in [2.05, 4.69) is 17.4 Å². The molecule has 2 aromatic carbocycles. The molecule has 1 heterocycles. The number of carbonyl (C=O) groups excluding carboxylic acids is 1. The summed E-state index contributed by atoms with van der Waals surface area (Å²) in [5.74, 6) is 1.06. The first-order valence-electron chi connectivity index (χ1n) is 11.2. The molecule has 158 valence electrons. The molecule has 0 aliphatic heterocycles. The van der Waals surface area contributed by atoms with E-state index >= 15 is 0 Å². The fourth-order valence-electron chi connectivity index (χ4n) is 4.83. The number of nitrogens with zero attached hydrogens (tertiary/aromatic N) is 2. The Morgan fingerprint density at radius 3 is 2.61 bits per heavy atom. The number of benzene rings is 2. The normalized spacial score (nSPS) is 15.4. The van der Waals surface area contributed by atoms with Crippen molar-refractivity contribution < 1.29 is 9.90 Å². The summed E-state index contributed by atoms with van der Waals surface area (Å²) in [5.41, 5.74) is 6.60. The van der Waals surface area contributed by atoms with Crippen molar-refractivity contribution in [2.75, 3.05) is 5.32 Å². The third-order valence-corrected chi connectivity index (χ3v) is 6.50. The molecule has 0 atom stereocenters. The molecule has 2 N–H and O–H groups in total. The minimum absolute atomic E-state index is 0.0448. The Labute approximate surface area is 182 Å². The number of nitrogens with one attached hydrogen (secondary N) is 1. The lowest BCUT2D eigenvalue weighted by Crippen LogP contribution is -2.19. The quantitative estimate of drug-likeness (QED) is 0.635. The molecule has 0 radical (unpaired) electrons. The van der Waals surface area contributed by atoms with Crippen molar-refractivity contribution in [3.05, 3.63) is 76.6 Å². The molecule has 5 nitrogen and oxygen atoms in total. The maximum atomic E-state index is 12.8. The molecule has 1 amide bonds. The molecule has 1 fully saturated rings. The second-order valence-corrected chi connectivity index (χ2v) is 8.64. The fourth-order valence-corrected chi connectivity index (χ4v) is 4.83. The van der Waals surface area contributed by atoms with Gasteiger partial charge in [-0.05, 0) is 48.4 Å². The van der Waals surface area contributed by atoms with E-state index < -0.39 is 0 Å². The topological polar surface area (TPSA) is 75.1 Å². The van der Waals surface area contributed by atoms with E-state index in [4.69, 9.17) is 9.97 Å². The molecular formula is C26H27N3O2. The number of carbonyl (C=O) groups is 1. The Balaban J connectivity index is 1.53. The number of fused-ring (bicyclic) bond motifs is 3. The average molecular weight is 414 g/mol. The molecule has 0 saturated heterocycles. The molecule has 2 aliphatic carbocycles. The summed E-state index contributed by atoms with van der Waals surface area (Å²) >= 11 is 0. The largest absolute Gasteiger partial charge is 0.392 e. The summed E-state index contributed by atoms with van der Waals surface area (Å²) in [5, 5.41) is 12.5. The van der Waals surface area contributed by atoms with Crippen LogP contribution in [0.4, 0.5) is 5.82 Å². The monoisotopic (exact) mass is 413 g/mol. The van der Waals surface area contributed by atoms with Crippen LogP contribution in [0.5, 0.6) is 0 Å². The number of anilines is 1. The van der Waals surface area contributed by atoms with Gasteiger partial charge in [0.15, 0.2) is 5.82 Å². The minimum Gasteiger partial charge on any atom is -0.392 e. The molecule has 2 aliphatic rings. The Bertz CT molecular complexity index is 1110. The second kappa shape index (κ2) is 8.60. The number of amides is 1. The Hall–Kier alpha value is -3.05. The number of rotatable bonds is 5. The van der Waals surface area contributed by atoms with E-state index in [0.717, 1.165) is 47.5 Å². The van der Waals surface area contributed by atoms with E-state index in [1.807, 2.05) is 36.4 Å². The highest BCUT2D eigenvalue weighted by Gasteiger charge is 2.25. The maximum absolute atomic E-state index is 12.8. The van der Waals surface area contributed by atoms with Gasteiger partial charge in [0.1, 0.15) is 0 Å². The molecule has 5 heteroatoms. The highest BCUT2D eigenvalue weighted by atomic mass is 16.3. The third-order valence-electron chi connectivity index (χ3n) is 6.50. The van der Waals surface area contributed by atoms with Crippen LogP contribution in [0.1, 0.15) is 58.6 Å². The van der Waals surface area contributed by atoms with Crippen molar-refractivity contribution in [2.45, 2.75) is 51.6 Å². The van der Waals surface area contributed by atoms with Gasteiger partial charge < -0.3 is 10.4 Å². The first-order chi connectivity index (χ1) is 15.2. The number of aliphatic hydroxyl groups excluding tert-OH is 1. The zero-order valence-corrected chi connectivity index (χ0v) is 17.6. The zero-order chi connectivity index (χ0) is 21.2. The van der Waals surface area contributed by atoms with Crippen LogP contribution < -0.4 is 5.32 Å². The lowest BCUT2D eigenvalue weighted by molar-refractivity contribution is 0.102. The van der Waals surface area contributed by atoms with Crippen molar-refractivity contribution in [1.29, 1.82) is 0 Å². The van der Waals surface area contributed by atoms with Crippen molar-refractivity contribution in [2.24, 2.45) is 5.92 Å². The first kappa shape index (κ1) is 19.9. The van der Waals surface area contributed by atoms with Gasteiger partial charge in [-0.1, -0.05) is 62.1 Å². The Morgan fingerprint density at radius 2 is 1.84 bits per heavy atom. The van der Waals surface area contributed by atoms with E-state index in [0.29, 0.717) is 17.3 Å². The number of hydrogen-bond donors (Lipinski definition) is 2. The smallest absolute Gasteiger partial charge is 0.256 e. The predicted molar refractivity (Wildman–Crippen MR) is 121 cm³/mol. The summed E-state index contributed by atoms with van der Waals surface area (Å²) in [4.78, 5) is 22.8. The van der Waals surface area contributed by atoms with E-state index in [1.165, 1.54) is 31.2 Å². The van der Waals surface area contributed by atoms with E-state index in [-0.39, 0.29) is 12.5 Å². The Morgan fingerprint density at radius 1 is 1.03 bits per heavy atom. The van der Waals surface area contributed by atoms with Crippen LogP contribution in [0.2, 0.25) is 0 Å². The molecule has 1 saturated carbocycles. The van der Waals surface area contributed by atoms with E-state index in [9.17, 15) is 9.90 Å². The van der Waals surface area contributed by atoms with Crippen LogP contribution in [-0.4, -0.2) is 21.0 Å². The number of aliphatic hydroxyl groups is 1. The van der Waals surface area contributed by atoms with Crippen molar-refractivity contribution in [3.63, 3.8) is 0 Å². The van der Waals surface area contributed by atoms with Crippen LogP contribution in [0.25, 0.3) is 11.3 Å². The number of aryl methyl sites for hydroxylation is 2. The molecule has 3 aromatic rings. The SMILES string of the molecule is O=C(Nc1nc2c(nc1CC1CCCC1)-c1ccc(CO)cc1CC2)c1ccccc1. The minimum atomic E-state index is -0.147. The highest BCUT2D eigenvalue weighted by molar-refractivity contribution is 6.04. The Kier molecular flexibility index (Phi) is 5.51. The average Bonchev–Trinajstić information content (AvgIpc) is 3.32. The lowest BCUT2D eigenvalue weighted by Gasteiger charge is -2.22. The molecular weight excluding hydrogens is 386 g/mol. The molecule has 5 rings (SSSR count). The summed E-state index contributed by atoms with van der Waals surface area (Å²) in [6.45, 7) is 0.0448. The first-order valence-corrected chi connectivity index (χ1v) is 11.2. The van der Waals surface area contributed by atoms with Crippen LogP contribution in [0, 0.1) is 5.92 Å². The predicted octanol–water partition coefficient (Wildman–Crippen LogP) is 4.72. The van der Waals surface area contributed by atoms with Crippen molar-refractivity contribution >= 4 is 11.7 Å². The fraction of sp³-hybridized carbons (Fsp3) is 0.346. The van der Waals surface area contributed by atoms with Crippen molar-refractivity contribution in [1.82, 2.24) is 9.97 Å². The number of hydrogen-bond acceptors (Lipinski definition) is 4. The zero-order valence-electron chi connectivity index (χ0n) is 17.6. The lowest BCUT2D eigenvalue weighted by atomic mass is 9.90. The van der Waals surface area contributed by atoms with Crippen LogP contribution >= 0.6 is 0 Å². The van der Waals surface area contributed by atoms with Crippen LogP contribution in [0.3, 0.4) is 0 Å². The van der Waals surface area contributed by atoms with Gasteiger partial charge in [0.2, 0.25) is 0 Å². The summed E-state index contributed by atoms with van der Waals surface area (Å²) in [6, 6.07) is 15.3. The summed E-state index contributed by atoms with van der Waals surface area (Å²) in [7, 11) is 0. The molecule has 31 heavy (non-hydrogen) atoms. The van der Waals surface area contributed by atoms with Gasteiger partial charge in [-0.15, -0.1) is 0 Å². The maximum Gasteiger partial charge on any atom is 0.256 e. The number of aromatic nitrogens is 2. The van der Waals surface area contributed by atoms with E-state index in [1.54, 1.807) is 0 Å². The summed E-state index contributed by atoms with van der Waals surface area (Å²) in [6.07, 6.45) is 7.43. The van der Waals surface area contributed by atoms with Gasteiger partial charge in [-0.3, -0.25) is 4.79 Å². The van der Waals surface area contributed by atoms with Gasteiger partial charge in [0, 0.05) is 11.1 Å². The van der Waals surface area contributed by atoms with Crippen LogP contribution in [0.15, 0.2) is 48.5 Å². The van der Waals surface area contributed by atoms with Crippen molar-refractivity contribution in [3.8, 4) is 11.3 Å². The summed E-state index contributed by atoms with van der Waals surface area (Å²) < 4.78 is 0. The van der Waals surface area contributed by atoms with Gasteiger partial charge >= 0.3 is 0 Å². The standard InChI is InChI=1S/C26H27N3O2/c30-16-18-10-12-21-20(14-18)11-13-22-24(21)27-23(15-17-6-4-5-7-17)25(28-22)29-26(31)19-8-2-1-3-9-19/h1-3,8-10,12,14,17,30H,4-7,11,13,15-16H2,(H,28,29,31). The van der Waals surface area contributed by atoms with Gasteiger partial charge in [-0.25, -0.2) is 9.97 Å². The molecule has 1 aromatic heterocycles. The highest BCUT2D eigenvalue weighted by Crippen LogP contribution is 2.35.